The summed E-state index contributed by atoms with van der Waals surface area (Å²) in [4.78, 5) is 13.6. The van der Waals surface area contributed by atoms with Crippen molar-refractivity contribution in [2.45, 2.75) is 33.0 Å². The molecular weight excluding hydrogens is 200 g/mol. The van der Waals surface area contributed by atoms with Gasteiger partial charge in [-0.3, -0.25) is 9.69 Å². The quantitative estimate of drug-likeness (QED) is 0.783. The van der Waals surface area contributed by atoms with Crippen molar-refractivity contribution in [2.24, 2.45) is 5.73 Å². The van der Waals surface area contributed by atoms with Crippen molar-refractivity contribution in [1.82, 2.24) is 4.90 Å². The zero-order chi connectivity index (χ0) is 11.7. The Bertz CT molecular complexity index is 414. The van der Waals surface area contributed by atoms with Crippen LogP contribution in [-0.4, -0.2) is 23.3 Å². The van der Waals surface area contributed by atoms with E-state index >= 15 is 0 Å². The lowest BCUT2D eigenvalue weighted by molar-refractivity contribution is 0.101. The smallest absolute Gasteiger partial charge is 0.159 e. The maximum atomic E-state index is 11.3. The first-order chi connectivity index (χ1) is 7.61. The maximum Gasteiger partial charge on any atom is 0.159 e. The van der Waals surface area contributed by atoms with Gasteiger partial charge in [0, 0.05) is 31.2 Å². The van der Waals surface area contributed by atoms with Gasteiger partial charge in [0.25, 0.3) is 0 Å². The van der Waals surface area contributed by atoms with Crippen LogP contribution in [0.1, 0.15) is 35.3 Å². The molecular formula is C13H18N2O. The molecule has 0 aliphatic carbocycles. The lowest BCUT2D eigenvalue weighted by Gasteiger charge is -2.21. The van der Waals surface area contributed by atoms with Crippen LogP contribution in [0.15, 0.2) is 18.2 Å². The summed E-state index contributed by atoms with van der Waals surface area (Å²) in [5.41, 5.74) is 9.07. The molecule has 0 radical (unpaired) electrons. The summed E-state index contributed by atoms with van der Waals surface area (Å²) in [6.45, 7) is 6.28. The Hall–Kier alpha value is -1.19. The highest BCUT2D eigenvalue weighted by Crippen LogP contribution is 2.25. The van der Waals surface area contributed by atoms with Crippen LogP contribution in [0.3, 0.4) is 0 Å². The van der Waals surface area contributed by atoms with Crippen LogP contribution in [0, 0.1) is 0 Å². The third-order valence-corrected chi connectivity index (χ3v) is 3.32. The van der Waals surface area contributed by atoms with Gasteiger partial charge in [0.2, 0.25) is 0 Å². The largest absolute Gasteiger partial charge is 0.329 e. The summed E-state index contributed by atoms with van der Waals surface area (Å²) in [7, 11) is 0. The zero-order valence-corrected chi connectivity index (χ0v) is 9.86. The Morgan fingerprint density at radius 3 is 2.75 bits per heavy atom. The first kappa shape index (κ1) is 11.3. The highest BCUT2D eigenvalue weighted by atomic mass is 16.1. The van der Waals surface area contributed by atoms with E-state index in [-0.39, 0.29) is 5.78 Å². The molecule has 3 heteroatoms. The van der Waals surface area contributed by atoms with Gasteiger partial charge >= 0.3 is 0 Å². The summed E-state index contributed by atoms with van der Waals surface area (Å²) >= 11 is 0. The zero-order valence-electron chi connectivity index (χ0n) is 9.86. The third kappa shape index (κ3) is 2.01. The number of nitrogens with zero attached hydrogens (tertiary/aromatic N) is 1. The van der Waals surface area contributed by atoms with Gasteiger partial charge in [-0.25, -0.2) is 0 Å². The molecule has 86 valence electrons. The van der Waals surface area contributed by atoms with E-state index < -0.39 is 0 Å². The van der Waals surface area contributed by atoms with Crippen LogP contribution in [0.25, 0.3) is 0 Å². The Labute approximate surface area is 96.2 Å². The normalized spacial score (nSPS) is 17.2. The molecule has 3 nitrogen and oxygen atoms in total. The summed E-state index contributed by atoms with van der Waals surface area (Å²) in [6, 6.07) is 6.39. The number of nitrogens with two attached hydrogens (primary N) is 1. The van der Waals surface area contributed by atoms with E-state index in [1.54, 1.807) is 6.92 Å². The van der Waals surface area contributed by atoms with Gasteiger partial charge in [-0.15, -0.1) is 0 Å². The van der Waals surface area contributed by atoms with Crippen molar-refractivity contribution in [3.8, 4) is 0 Å². The van der Waals surface area contributed by atoms with E-state index in [0.717, 1.165) is 18.7 Å². The number of carbonyl (C=O) groups excluding carboxylic acids is 1. The van der Waals surface area contributed by atoms with Crippen LogP contribution in [0.5, 0.6) is 0 Å². The molecule has 0 spiro atoms. The SMILES string of the molecule is CC(=O)c1ccc2c(c1)CN(C(C)CN)C2. The fourth-order valence-corrected chi connectivity index (χ4v) is 2.10. The Morgan fingerprint density at radius 2 is 2.12 bits per heavy atom. The predicted octanol–water partition coefficient (Wildman–Crippen LogP) is 1.55. The maximum absolute atomic E-state index is 11.3. The molecule has 1 heterocycles. The lowest BCUT2D eigenvalue weighted by atomic mass is 10.0. The minimum Gasteiger partial charge on any atom is -0.329 e. The monoisotopic (exact) mass is 218 g/mol. The lowest BCUT2D eigenvalue weighted by Crippen LogP contribution is -2.34. The van der Waals surface area contributed by atoms with Crippen molar-refractivity contribution < 1.29 is 4.79 Å². The molecule has 0 amide bonds. The number of carbonyl (C=O) groups is 1. The molecule has 2 N–H and O–H groups in total. The number of hydrogen-bond acceptors (Lipinski definition) is 3. The second-order valence-electron chi connectivity index (χ2n) is 4.53. The highest BCUT2D eigenvalue weighted by molar-refractivity contribution is 5.94. The molecule has 1 aliphatic heterocycles. The van der Waals surface area contributed by atoms with Crippen LogP contribution in [0.2, 0.25) is 0 Å². The fraction of sp³-hybridized carbons (Fsp3) is 0.462. The second kappa shape index (κ2) is 4.36. The molecule has 16 heavy (non-hydrogen) atoms. The molecule has 1 unspecified atom stereocenters. The Kier molecular flexibility index (Phi) is 3.08. The highest BCUT2D eigenvalue weighted by Gasteiger charge is 2.22. The van der Waals surface area contributed by atoms with Gasteiger partial charge < -0.3 is 5.73 Å². The number of rotatable bonds is 3. The Morgan fingerprint density at radius 1 is 1.44 bits per heavy atom. The van der Waals surface area contributed by atoms with E-state index in [0.29, 0.717) is 12.6 Å². The van der Waals surface area contributed by atoms with Crippen molar-refractivity contribution in [2.75, 3.05) is 6.54 Å². The van der Waals surface area contributed by atoms with Crippen molar-refractivity contribution in [3.63, 3.8) is 0 Å². The number of Topliss-reactive ketones (excluding diaryl/α,β-unsaturated/α-hetero) is 1. The predicted molar refractivity (Wildman–Crippen MR) is 64.2 cm³/mol. The summed E-state index contributed by atoms with van der Waals surface area (Å²) in [5, 5.41) is 0. The second-order valence-corrected chi connectivity index (χ2v) is 4.53. The summed E-state index contributed by atoms with van der Waals surface area (Å²) < 4.78 is 0. The van der Waals surface area contributed by atoms with Crippen LogP contribution in [0.4, 0.5) is 0 Å². The molecule has 0 fully saturated rings. The van der Waals surface area contributed by atoms with Crippen LogP contribution in [-0.2, 0) is 13.1 Å². The molecule has 1 aromatic carbocycles. The van der Waals surface area contributed by atoms with Crippen molar-refractivity contribution >= 4 is 5.78 Å². The topological polar surface area (TPSA) is 46.3 Å². The van der Waals surface area contributed by atoms with E-state index in [9.17, 15) is 4.79 Å². The first-order valence-electron chi connectivity index (χ1n) is 5.68. The molecule has 1 atom stereocenters. The standard InChI is InChI=1S/C13H18N2O/c1-9(6-14)15-7-12-4-3-11(10(2)16)5-13(12)8-15/h3-5,9H,6-8,14H2,1-2H3. The number of ketones is 1. The molecule has 1 aromatic rings. The molecule has 0 saturated heterocycles. The Balaban J connectivity index is 2.21. The molecule has 0 saturated carbocycles. The summed E-state index contributed by atoms with van der Waals surface area (Å²) in [5.74, 6) is 0.133. The number of benzene rings is 1. The van der Waals surface area contributed by atoms with Crippen molar-refractivity contribution in [3.05, 3.63) is 34.9 Å². The van der Waals surface area contributed by atoms with Crippen molar-refractivity contribution in [1.29, 1.82) is 0 Å². The van der Waals surface area contributed by atoms with Crippen LogP contribution < -0.4 is 5.73 Å². The van der Waals surface area contributed by atoms with Gasteiger partial charge in [0.1, 0.15) is 0 Å². The molecule has 1 aliphatic rings. The number of hydrogen-bond donors (Lipinski definition) is 1. The van der Waals surface area contributed by atoms with E-state index in [1.807, 2.05) is 12.1 Å². The third-order valence-electron chi connectivity index (χ3n) is 3.32. The molecule has 0 bridgehead atoms. The average molecular weight is 218 g/mol. The minimum atomic E-state index is 0.133. The van der Waals surface area contributed by atoms with E-state index in [4.69, 9.17) is 5.73 Å². The molecule has 0 aromatic heterocycles. The van der Waals surface area contributed by atoms with Gasteiger partial charge in [0.15, 0.2) is 5.78 Å². The molecule has 2 rings (SSSR count). The summed E-state index contributed by atoms with van der Waals surface area (Å²) in [6.07, 6.45) is 0. The number of fused-ring (bicyclic) bond motifs is 1. The van der Waals surface area contributed by atoms with Gasteiger partial charge in [-0.2, -0.15) is 0 Å². The van der Waals surface area contributed by atoms with Gasteiger partial charge in [-0.1, -0.05) is 12.1 Å². The first-order valence-corrected chi connectivity index (χ1v) is 5.68. The van der Waals surface area contributed by atoms with Crippen LogP contribution >= 0.6 is 0 Å². The minimum absolute atomic E-state index is 0.133. The van der Waals surface area contributed by atoms with Gasteiger partial charge in [-0.05, 0) is 31.0 Å². The van der Waals surface area contributed by atoms with E-state index in [1.165, 1.54) is 11.1 Å². The fourth-order valence-electron chi connectivity index (χ4n) is 2.10. The average Bonchev–Trinajstić information content (AvgIpc) is 2.70. The van der Waals surface area contributed by atoms with Gasteiger partial charge in [0.05, 0.1) is 0 Å². The van der Waals surface area contributed by atoms with E-state index in [2.05, 4.69) is 17.9 Å².